The summed E-state index contributed by atoms with van der Waals surface area (Å²) < 4.78 is 0. The maximum atomic E-state index is 12.1. The summed E-state index contributed by atoms with van der Waals surface area (Å²) in [6.07, 6.45) is 1.63. The summed E-state index contributed by atoms with van der Waals surface area (Å²) in [5.74, 6) is 1.40. The molecule has 4 heteroatoms. The summed E-state index contributed by atoms with van der Waals surface area (Å²) in [5.41, 5.74) is 1.97. The Kier molecular flexibility index (Phi) is 6.07. The number of aliphatic hydroxyl groups excluding tert-OH is 1. The van der Waals surface area contributed by atoms with Crippen molar-refractivity contribution in [3.05, 3.63) is 65.7 Å². The van der Waals surface area contributed by atoms with Gasteiger partial charge in [-0.05, 0) is 55.9 Å². The SMILES string of the molecule is Cc1ccccc1.O=C(CN1C[C@H]2CC(O)C[C@H]2C1)c1ccc(O)cc1. The molecule has 0 aromatic heterocycles. The van der Waals surface area contributed by atoms with Gasteiger partial charge in [-0.15, -0.1) is 0 Å². The van der Waals surface area contributed by atoms with E-state index in [0.29, 0.717) is 23.9 Å². The van der Waals surface area contributed by atoms with Crippen molar-refractivity contribution in [2.24, 2.45) is 11.8 Å². The predicted octanol–water partition coefficient (Wildman–Crippen LogP) is 3.27. The number of benzene rings is 2. The first-order valence-corrected chi connectivity index (χ1v) is 9.25. The molecule has 3 atom stereocenters. The first kappa shape index (κ1) is 18.6. The van der Waals surface area contributed by atoms with Crippen LogP contribution in [0.3, 0.4) is 0 Å². The topological polar surface area (TPSA) is 60.8 Å². The Morgan fingerprint density at radius 2 is 1.58 bits per heavy atom. The van der Waals surface area contributed by atoms with Gasteiger partial charge in [-0.25, -0.2) is 0 Å². The second-order valence-electron chi connectivity index (χ2n) is 7.46. The van der Waals surface area contributed by atoms with Crippen molar-refractivity contribution in [1.29, 1.82) is 0 Å². The number of ketones is 1. The smallest absolute Gasteiger partial charge is 0.176 e. The highest BCUT2D eigenvalue weighted by Crippen LogP contribution is 2.37. The van der Waals surface area contributed by atoms with E-state index in [2.05, 4.69) is 24.0 Å². The lowest BCUT2D eigenvalue weighted by atomic mass is 10.0. The zero-order chi connectivity index (χ0) is 18.5. The van der Waals surface area contributed by atoms with Crippen molar-refractivity contribution in [3.8, 4) is 5.75 Å². The first-order chi connectivity index (χ1) is 12.5. The fourth-order valence-electron chi connectivity index (χ4n) is 3.97. The molecule has 1 saturated heterocycles. The highest BCUT2D eigenvalue weighted by molar-refractivity contribution is 5.97. The average molecular weight is 353 g/mol. The second kappa shape index (κ2) is 8.47. The van der Waals surface area contributed by atoms with Gasteiger partial charge in [0.15, 0.2) is 5.78 Å². The number of carbonyl (C=O) groups is 1. The van der Waals surface area contributed by atoms with Gasteiger partial charge < -0.3 is 10.2 Å². The fraction of sp³-hybridized carbons (Fsp3) is 0.409. The van der Waals surface area contributed by atoms with Crippen molar-refractivity contribution in [3.63, 3.8) is 0 Å². The van der Waals surface area contributed by atoms with Crippen LogP contribution in [-0.4, -0.2) is 46.6 Å². The first-order valence-electron chi connectivity index (χ1n) is 9.25. The van der Waals surface area contributed by atoms with Gasteiger partial charge in [-0.3, -0.25) is 9.69 Å². The molecule has 1 saturated carbocycles. The zero-order valence-corrected chi connectivity index (χ0v) is 15.2. The number of Topliss-reactive ketones (excluding diaryl/α,β-unsaturated/α-hetero) is 1. The predicted molar refractivity (Wildman–Crippen MR) is 102 cm³/mol. The van der Waals surface area contributed by atoms with Gasteiger partial charge in [0.2, 0.25) is 0 Å². The van der Waals surface area contributed by atoms with Crippen LogP contribution in [0.25, 0.3) is 0 Å². The van der Waals surface area contributed by atoms with Crippen molar-refractivity contribution in [2.75, 3.05) is 19.6 Å². The second-order valence-corrected chi connectivity index (χ2v) is 7.46. The molecule has 1 heterocycles. The lowest BCUT2D eigenvalue weighted by Gasteiger charge is -2.16. The molecule has 0 amide bonds. The van der Waals surface area contributed by atoms with Crippen LogP contribution in [0.4, 0.5) is 0 Å². The van der Waals surface area contributed by atoms with Crippen molar-refractivity contribution < 1.29 is 15.0 Å². The molecule has 1 aliphatic carbocycles. The minimum Gasteiger partial charge on any atom is -0.508 e. The molecule has 138 valence electrons. The van der Waals surface area contributed by atoms with Crippen molar-refractivity contribution in [2.45, 2.75) is 25.9 Å². The Balaban J connectivity index is 0.000000236. The van der Waals surface area contributed by atoms with Crippen LogP contribution in [0, 0.1) is 18.8 Å². The molecule has 1 unspecified atom stereocenters. The van der Waals surface area contributed by atoms with E-state index in [9.17, 15) is 15.0 Å². The summed E-state index contributed by atoms with van der Waals surface area (Å²) in [6.45, 7) is 4.37. The molecule has 0 radical (unpaired) electrons. The van der Waals surface area contributed by atoms with E-state index in [1.165, 1.54) is 5.56 Å². The molecule has 2 aromatic carbocycles. The van der Waals surface area contributed by atoms with E-state index in [1.54, 1.807) is 24.3 Å². The van der Waals surface area contributed by atoms with Crippen LogP contribution in [0.2, 0.25) is 0 Å². The maximum absolute atomic E-state index is 12.1. The molecule has 2 aromatic rings. The zero-order valence-electron chi connectivity index (χ0n) is 15.2. The number of phenols is 1. The normalized spacial score (nSPS) is 24.6. The van der Waals surface area contributed by atoms with Crippen LogP contribution in [0.15, 0.2) is 54.6 Å². The number of aryl methyl sites for hydroxylation is 1. The van der Waals surface area contributed by atoms with Crippen LogP contribution in [0.5, 0.6) is 5.75 Å². The van der Waals surface area contributed by atoms with Crippen molar-refractivity contribution in [1.82, 2.24) is 4.90 Å². The summed E-state index contributed by atoms with van der Waals surface area (Å²) >= 11 is 0. The van der Waals surface area contributed by atoms with Gasteiger partial charge in [-0.1, -0.05) is 35.9 Å². The van der Waals surface area contributed by atoms with E-state index in [4.69, 9.17) is 0 Å². The number of rotatable bonds is 3. The lowest BCUT2D eigenvalue weighted by Crippen LogP contribution is -2.29. The number of phenolic OH excluding ortho intramolecular Hbond substituents is 1. The Morgan fingerprint density at radius 3 is 2.08 bits per heavy atom. The molecule has 1 aliphatic heterocycles. The van der Waals surface area contributed by atoms with Gasteiger partial charge in [0, 0.05) is 18.7 Å². The summed E-state index contributed by atoms with van der Waals surface area (Å²) in [5, 5.41) is 18.8. The maximum Gasteiger partial charge on any atom is 0.176 e. The minimum absolute atomic E-state index is 0.0977. The number of likely N-dealkylation sites (tertiary alicyclic amines) is 1. The van der Waals surface area contributed by atoms with E-state index >= 15 is 0 Å². The van der Waals surface area contributed by atoms with Gasteiger partial charge in [0.05, 0.1) is 12.6 Å². The van der Waals surface area contributed by atoms with Crippen LogP contribution in [0.1, 0.15) is 28.8 Å². The number of aliphatic hydroxyl groups is 1. The Hall–Kier alpha value is -2.17. The van der Waals surface area contributed by atoms with Crippen LogP contribution < -0.4 is 0 Å². The third kappa shape index (κ3) is 4.93. The number of hydrogen-bond acceptors (Lipinski definition) is 4. The molecule has 0 spiro atoms. The Bertz CT molecular complexity index is 700. The van der Waals surface area contributed by atoms with E-state index in [1.807, 2.05) is 18.2 Å². The van der Waals surface area contributed by atoms with E-state index in [-0.39, 0.29) is 17.6 Å². The van der Waals surface area contributed by atoms with E-state index < -0.39 is 0 Å². The van der Waals surface area contributed by atoms with E-state index in [0.717, 1.165) is 25.9 Å². The lowest BCUT2D eigenvalue weighted by molar-refractivity contribution is 0.0935. The van der Waals surface area contributed by atoms with Gasteiger partial charge in [0.25, 0.3) is 0 Å². The average Bonchev–Trinajstić information content (AvgIpc) is 3.13. The highest BCUT2D eigenvalue weighted by atomic mass is 16.3. The third-order valence-corrected chi connectivity index (χ3v) is 5.30. The molecular weight excluding hydrogens is 326 g/mol. The molecule has 2 N–H and O–H groups in total. The van der Waals surface area contributed by atoms with Gasteiger partial charge in [-0.2, -0.15) is 0 Å². The Morgan fingerprint density at radius 1 is 1.00 bits per heavy atom. The highest BCUT2D eigenvalue weighted by Gasteiger charge is 2.40. The monoisotopic (exact) mass is 353 g/mol. The van der Waals surface area contributed by atoms with Crippen LogP contribution >= 0.6 is 0 Å². The molecule has 4 nitrogen and oxygen atoms in total. The van der Waals surface area contributed by atoms with Gasteiger partial charge in [0.1, 0.15) is 5.75 Å². The van der Waals surface area contributed by atoms with Crippen LogP contribution in [-0.2, 0) is 0 Å². The number of hydrogen-bond donors (Lipinski definition) is 2. The molecule has 26 heavy (non-hydrogen) atoms. The number of nitrogens with zero attached hydrogens (tertiary/aromatic N) is 1. The quantitative estimate of drug-likeness (QED) is 0.832. The molecule has 4 rings (SSSR count). The summed E-state index contributed by atoms with van der Waals surface area (Å²) in [6, 6.07) is 16.7. The minimum atomic E-state index is -0.134. The molecule has 0 bridgehead atoms. The third-order valence-electron chi connectivity index (χ3n) is 5.30. The van der Waals surface area contributed by atoms with Gasteiger partial charge >= 0.3 is 0 Å². The largest absolute Gasteiger partial charge is 0.508 e. The standard InChI is InChI=1S/C15H19NO3.C7H8/c17-13-3-1-10(2-4-13)15(19)9-16-7-11-5-14(18)6-12(11)8-16;1-7-5-3-2-4-6-7/h1-4,11-12,14,17-18H,5-9H2;2-6H,1H3/t11-,12+,14?;. The summed E-state index contributed by atoms with van der Waals surface area (Å²) in [7, 11) is 0. The van der Waals surface area contributed by atoms with Crippen molar-refractivity contribution >= 4 is 5.78 Å². The number of aromatic hydroxyl groups is 1. The molecule has 2 aliphatic rings. The molecular formula is C22H27NO3. The number of carbonyl (C=O) groups excluding carboxylic acids is 1. The Labute approximate surface area is 155 Å². The fourth-order valence-corrected chi connectivity index (χ4v) is 3.97. The number of fused-ring (bicyclic) bond motifs is 1. The molecule has 2 fully saturated rings. The summed E-state index contributed by atoms with van der Waals surface area (Å²) in [4.78, 5) is 14.3.